The van der Waals surface area contributed by atoms with Gasteiger partial charge in [0.05, 0.1) is 4.83 Å². The van der Waals surface area contributed by atoms with Crippen LogP contribution in [0, 0.1) is 0 Å². The molecule has 1 atom stereocenters. The fourth-order valence-corrected chi connectivity index (χ4v) is 2.11. The molecule has 2 nitrogen and oxygen atoms in total. The molecule has 1 aromatic rings. The van der Waals surface area contributed by atoms with E-state index in [2.05, 4.69) is 27.8 Å². The zero-order chi connectivity index (χ0) is 9.14. The van der Waals surface area contributed by atoms with Crippen molar-refractivity contribution >= 4 is 33.0 Å². The molecule has 0 radical (unpaired) electrons. The van der Waals surface area contributed by atoms with E-state index in [9.17, 15) is 4.79 Å². The van der Waals surface area contributed by atoms with Crippen molar-refractivity contribution < 1.29 is 4.79 Å². The second kappa shape index (κ2) is 4.14. The van der Waals surface area contributed by atoms with Crippen LogP contribution >= 0.6 is 27.3 Å². The van der Waals surface area contributed by atoms with Crippen LogP contribution in [0.2, 0.25) is 0 Å². The zero-order valence-electron chi connectivity index (χ0n) is 7.00. The lowest BCUT2D eigenvalue weighted by atomic mass is 10.3. The topological polar surface area (TPSA) is 30.0 Å². The molecule has 12 heavy (non-hydrogen) atoms. The summed E-state index contributed by atoms with van der Waals surface area (Å²) in [7, 11) is 0. The number of rotatable bonds is 3. The Morgan fingerprint density at radius 1 is 1.83 bits per heavy atom. The summed E-state index contributed by atoms with van der Waals surface area (Å²) in [6.45, 7) is 3.61. The fraction of sp³-hybridized carbons (Fsp3) is 0.500. The summed E-state index contributed by atoms with van der Waals surface area (Å²) < 4.78 is 0. The minimum atomic E-state index is 0.0355. The minimum Gasteiger partial charge on any atom is -0.293 e. The SMILES string of the molecule is CCC(Br)c1nc(C(C)=O)cs1. The Labute approximate surface area is 84.1 Å². The van der Waals surface area contributed by atoms with Gasteiger partial charge in [0.25, 0.3) is 0 Å². The van der Waals surface area contributed by atoms with Gasteiger partial charge in [0.2, 0.25) is 0 Å². The van der Waals surface area contributed by atoms with E-state index in [0.29, 0.717) is 5.69 Å². The highest BCUT2D eigenvalue weighted by molar-refractivity contribution is 9.09. The van der Waals surface area contributed by atoms with E-state index in [0.717, 1.165) is 11.4 Å². The van der Waals surface area contributed by atoms with Crippen LogP contribution in [0.5, 0.6) is 0 Å². The summed E-state index contributed by atoms with van der Waals surface area (Å²) in [5, 5.41) is 2.80. The molecule has 0 fully saturated rings. The Morgan fingerprint density at radius 3 is 2.92 bits per heavy atom. The third kappa shape index (κ3) is 2.14. The molecule has 0 aliphatic rings. The molecule has 0 saturated carbocycles. The van der Waals surface area contributed by atoms with Crippen LogP contribution in [-0.4, -0.2) is 10.8 Å². The lowest BCUT2D eigenvalue weighted by molar-refractivity contribution is 0.101. The van der Waals surface area contributed by atoms with E-state index in [1.807, 2.05) is 5.38 Å². The molecule has 1 heterocycles. The van der Waals surface area contributed by atoms with Crippen molar-refractivity contribution in [2.75, 3.05) is 0 Å². The van der Waals surface area contributed by atoms with Crippen molar-refractivity contribution in [1.82, 2.24) is 4.98 Å². The smallest absolute Gasteiger partial charge is 0.178 e. The van der Waals surface area contributed by atoms with Gasteiger partial charge in [-0.1, -0.05) is 22.9 Å². The van der Waals surface area contributed by atoms with E-state index in [1.54, 1.807) is 0 Å². The first-order valence-electron chi connectivity index (χ1n) is 3.75. The maximum Gasteiger partial charge on any atom is 0.178 e. The number of alkyl halides is 1. The second-order valence-electron chi connectivity index (χ2n) is 2.50. The van der Waals surface area contributed by atoms with Crippen LogP contribution in [0.3, 0.4) is 0 Å². The second-order valence-corrected chi connectivity index (χ2v) is 4.50. The van der Waals surface area contributed by atoms with Gasteiger partial charge >= 0.3 is 0 Å². The molecular weight excluding hydrogens is 238 g/mol. The predicted molar refractivity (Wildman–Crippen MR) is 54.1 cm³/mol. The number of carbonyl (C=O) groups excluding carboxylic acids is 1. The summed E-state index contributed by atoms with van der Waals surface area (Å²) in [6, 6.07) is 0. The van der Waals surface area contributed by atoms with Crippen LogP contribution < -0.4 is 0 Å². The Kier molecular flexibility index (Phi) is 3.40. The average molecular weight is 248 g/mol. The summed E-state index contributed by atoms with van der Waals surface area (Å²) in [6.07, 6.45) is 0.991. The predicted octanol–water partition coefficient (Wildman–Crippen LogP) is 3.19. The van der Waals surface area contributed by atoms with E-state index < -0.39 is 0 Å². The van der Waals surface area contributed by atoms with Gasteiger partial charge in [0.15, 0.2) is 5.78 Å². The van der Waals surface area contributed by atoms with Crippen LogP contribution in [0.15, 0.2) is 5.38 Å². The fourth-order valence-electron chi connectivity index (χ4n) is 0.768. The minimum absolute atomic E-state index is 0.0355. The Hall–Kier alpha value is -0.220. The molecule has 4 heteroatoms. The number of nitrogens with zero attached hydrogens (tertiary/aromatic N) is 1. The van der Waals surface area contributed by atoms with Crippen molar-refractivity contribution in [3.05, 3.63) is 16.1 Å². The number of hydrogen-bond donors (Lipinski definition) is 0. The first-order chi connectivity index (χ1) is 5.65. The average Bonchev–Trinajstić information content (AvgIpc) is 2.51. The number of thiazole rings is 1. The van der Waals surface area contributed by atoms with Gasteiger partial charge in [-0.15, -0.1) is 11.3 Å². The van der Waals surface area contributed by atoms with Gasteiger partial charge in [-0.2, -0.15) is 0 Å². The molecule has 0 N–H and O–H groups in total. The molecular formula is C8H10BrNOS. The van der Waals surface area contributed by atoms with Crippen molar-refractivity contribution in [2.45, 2.75) is 25.1 Å². The van der Waals surface area contributed by atoms with E-state index in [1.165, 1.54) is 18.3 Å². The molecule has 0 bridgehead atoms. The maximum absolute atomic E-state index is 10.9. The highest BCUT2D eigenvalue weighted by Gasteiger charge is 2.11. The van der Waals surface area contributed by atoms with Crippen molar-refractivity contribution in [1.29, 1.82) is 0 Å². The van der Waals surface area contributed by atoms with Crippen molar-refractivity contribution in [3.63, 3.8) is 0 Å². The summed E-state index contributed by atoms with van der Waals surface area (Å²) in [5.74, 6) is 0.0355. The molecule has 1 unspecified atom stereocenters. The van der Waals surface area contributed by atoms with E-state index >= 15 is 0 Å². The largest absolute Gasteiger partial charge is 0.293 e. The number of Topliss-reactive ketones (excluding diaryl/α,β-unsaturated/α-hetero) is 1. The highest BCUT2D eigenvalue weighted by Crippen LogP contribution is 2.28. The van der Waals surface area contributed by atoms with Gasteiger partial charge in [0, 0.05) is 12.3 Å². The molecule has 0 aliphatic carbocycles. The summed E-state index contributed by atoms with van der Waals surface area (Å²) in [5.41, 5.74) is 0.577. The third-order valence-corrected chi connectivity index (χ3v) is 3.85. The zero-order valence-corrected chi connectivity index (χ0v) is 9.41. The Morgan fingerprint density at radius 2 is 2.50 bits per heavy atom. The lowest BCUT2D eigenvalue weighted by Crippen LogP contribution is -1.93. The highest BCUT2D eigenvalue weighted by atomic mass is 79.9. The summed E-state index contributed by atoms with van der Waals surface area (Å²) in [4.78, 5) is 15.4. The number of aromatic nitrogens is 1. The van der Waals surface area contributed by atoms with Crippen LogP contribution in [0.25, 0.3) is 0 Å². The number of carbonyl (C=O) groups is 1. The molecule has 66 valence electrons. The molecule has 1 aromatic heterocycles. The lowest BCUT2D eigenvalue weighted by Gasteiger charge is -1.99. The first kappa shape index (κ1) is 9.86. The summed E-state index contributed by atoms with van der Waals surface area (Å²) >= 11 is 5.02. The quantitative estimate of drug-likeness (QED) is 0.607. The molecule has 0 aliphatic heterocycles. The van der Waals surface area contributed by atoms with E-state index in [-0.39, 0.29) is 10.6 Å². The maximum atomic E-state index is 10.9. The standard InChI is InChI=1S/C8H10BrNOS/c1-3-6(9)8-10-7(4-12-8)5(2)11/h4,6H,3H2,1-2H3. The Bertz CT molecular complexity index is 284. The van der Waals surface area contributed by atoms with Gasteiger partial charge in [-0.3, -0.25) is 4.79 Å². The molecule has 0 spiro atoms. The van der Waals surface area contributed by atoms with Crippen LogP contribution in [0.4, 0.5) is 0 Å². The normalized spacial score (nSPS) is 12.9. The first-order valence-corrected chi connectivity index (χ1v) is 5.55. The van der Waals surface area contributed by atoms with Gasteiger partial charge in [0.1, 0.15) is 10.7 Å². The third-order valence-electron chi connectivity index (χ3n) is 1.51. The number of hydrogen-bond acceptors (Lipinski definition) is 3. The molecule has 1 rings (SSSR count). The molecule has 0 aromatic carbocycles. The Balaban J connectivity index is 2.84. The van der Waals surface area contributed by atoms with Gasteiger partial charge < -0.3 is 0 Å². The van der Waals surface area contributed by atoms with Crippen molar-refractivity contribution in [2.24, 2.45) is 0 Å². The molecule has 0 amide bonds. The van der Waals surface area contributed by atoms with Crippen LogP contribution in [-0.2, 0) is 0 Å². The monoisotopic (exact) mass is 247 g/mol. The number of halogens is 1. The molecule has 0 saturated heterocycles. The van der Waals surface area contributed by atoms with Gasteiger partial charge in [-0.25, -0.2) is 4.98 Å². The van der Waals surface area contributed by atoms with Gasteiger partial charge in [-0.05, 0) is 6.42 Å². The van der Waals surface area contributed by atoms with Crippen molar-refractivity contribution in [3.8, 4) is 0 Å². The van der Waals surface area contributed by atoms with Crippen LogP contribution in [0.1, 0.15) is 40.6 Å². The number of ketones is 1. The van der Waals surface area contributed by atoms with E-state index in [4.69, 9.17) is 0 Å².